The number of H-pyrrole nitrogens is 2. The van der Waals surface area contributed by atoms with Crippen LogP contribution in [0.4, 0.5) is 4.39 Å². The Morgan fingerprint density at radius 2 is 1.85 bits per heavy atom. The van der Waals surface area contributed by atoms with E-state index in [2.05, 4.69) is 31.1 Å². The number of rotatable bonds is 6. The van der Waals surface area contributed by atoms with Crippen molar-refractivity contribution in [3.8, 4) is 39.7 Å². The third-order valence-electron chi connectivity index (χ3n) is 7.55. The summed E-state index contributed by atoms with van der Waals surface area (Å²) in [5.74, 6) is 0.705. The fourth-order valence-corrected chi connectivity index (χ4v) is 5.56. The summed E-state index contributed by atoms with van der Waals surface area (Å²) in [5.41, 5.74) is 7.53. The first-order chi connectivity index (χ1) is 19.6. The van der Waals surface area contributed by atoms with E-state index in [0.29, 0.717) is 22.8 Å². The van der Waals surface area contributed by atoms with Crippen LogP contribution in [0.5, 0.6) is 5.75 Å². The van der Waals surface area contributed by atoms with E-state index in [4.69, 9.17) is 14.7 Å². The second-order valence-corrected chi connectivity index (χ2v) is 10.3. The Bertz CT molecular complexity index is 1840. The number of halogens is 1. The van der Waals surface area contributed by atoms with Gasteiger partial charge in [0.05, 0.1) is 35.6 Å². The van der Waals surface area contributed by atoms with Crippen LogP contribution in [-0.4, -0.2) is 55.2 Å². The smallest absolute Gasteiger partial charge is 0.159 e. The summed E-state index contributed by atoms with van der Waals surface area (Å²) in [5, 5.41) is 8.56. The van der Waals surface area contributed by atoms with Gasteiger partial charge in [0.25, 0.3) is 0 Å². The van der Waals surface area contributed by atoms with E-state index in [-0.39, 0.29) is 5.82 Å². The number of nitrogens with zero attached hydrogens (tertiary/aromatic N) is 5. The van der Waals surface area contributed by atoms with Crippen LogP contribution in [0, 0.1) is 5.82 Å². The first-order valence-electron chi connectivity index (χ1n) is 13.5. The van der Waals surface area contributed by atoms with E-state index < -0.39 is 0 Å². The Morgan fingerprint density at radius 1 is 0.950 bits per heavy atom. The Balaban J connectivity index is 1.26. The molecule has 2 aromatic carbocycles. The predicted molar refractivity (Wildman–Crippen MR) is 153 cm³/mol. The molecule has 5 heterocycles. The van der Waals surface area contributed by atoms with Crippen molar-refractivity contribution >= 4 is 21.9 Å². The molecule has 1 fully saturated rings. The van der Waals surface area contributed by atoms with Crippen LogP contribution in [0.25, 0.3) is 55.8 Å². The van der Waals surface area contributed by atoms with Crippen molar-refractivity contribution in [3.63, 3.8) is 0 Å². The largest absolute Gasteiger partial charge is 0.497 e. The Morgan fingerprint density at radius 3 is 2.73 bits per heavy atom. The van der Waals surface area contributed by atoms with Gasteiger partial charge in [0.2, 0.25) is 0 Å². The molecule has 1 saturated heterocycles. The van der Waals surface area contributed by atoms with Crippen LogP contribution >= 0.6 is 0 Å². The number of hydrogen-bond acceptors (Lipinski definition) is 6. The van der Waals surface area contributed by atoms with E-state index in [1.54, 1.807) is 6.20 Å². The molecule has 0 aliphatic carbocycles. The summed E-state index contributed by atoms with van der Waals surface area (Å²) in [6.45, 7) is 3.18. The van der Waals surface area contributed by atoms with Gasteiger partial charge in [-0.15, -0.1) is 0 Å². The topological polar surface area (TPSA) is 95.6 Å². The van der Waals surface area contributed by atoms with Crippen molar-refractivity contribution in [2.45, 2.75) is 25.8 Å². The molecule has 0 spiro atoms. The summed E-state index contributed by atoms with van der Waals surface area (Å²) in [6.07, 6.45) is 9.43. The SMILES string of the molecule is COc1cc(F)cc(-c2cccc3[nH]c(-c4n[nH]c5cnc(-c6cncc(CN7CCCCC7)c6)cc45)nc23)c1. The average molecular weight is 534 g/mol. The minimum Gasteiger partial charge on any atom is -0.497 e. The van der Waals surface area contributed by atoms with Crippen molar-refractivity contribution in [3.05, 3.63) is 78.5 Å². The number of benzene rings is 2. The number of pyridine rings is 2. The first kappa shape index (κ1) is 24.4. The molecule has 8 nitrogen and oxygen atoms in total. The van der Waals surface area contributed by atoms with Gasteiger partial charge >= 0.3 is 0 Å². The normalized spacial score (nSPS) is 14.2. The molecule has 6 aromatic rings. The molecule has 0 atom stereocenters. The molecule has 0 unspecified atom stereocenters. The lowest BCUT2D eigenvalue weighted by molar-refractivity contribution is 0.220. The maximum absolute atomic E-state index is 14.3. The highest BCUT2D eigenvalue weighted by molar-refractivity contribution is 5.97. The molecule has 0 radical (unpaired) electrons. The first-order valence-corrected chi connectivity index (χ1v) is 13.5. The molecule has 7 rings (SSSR count). The number of aromatic nitrogens is 6. The minimum absolute atomic E-state index is 0.366. The summed E-state index contributed by atoms with van der Waals surface area (Å²) < 4.78 is 19.6. The molecule has 200 valence electrons. The second kappa shape index (κ2) is 10.2. The fraction of sp³-hybridized carbons (Fsp3) is 0.226. The number of ether oxygens (including phenoxy) is 1. The lowest BCUT2D eigenvalue weighted by Crippen LogP contribution is -2.29. The van der Waals surface area contributed by atoms with Crippen molar-refractivity contribution in [1.82, 2.24) is 35.0 Å². The third kappa shape index (κ3) is 4.58. The van der Waals surface area contributed by atoms with E-state index >= 15 is 0 Å². The number of nitrogens with one attached hydrogen (secondary N) is 2. The van der Waals surface area contributed by atoms with Crippen LogP contribution in [0.1, 0.15) is 24.8 Å². The van der Waals surface area contributed by atoms with Crippen molar-refractivity contribution in [2.75, 3.05) is 20.2 Å². The zero-order chi connectivity index (χ0) is 27.1. The van der Waals surface area contributed by atoms with Crippen molar-refractivity contribution < 1.29 is 9.13 Å². The number of hydrogen-bond donors (Lipinski definition) is 2. The van der Waals surface area contributed by atoms with Gasteiger partial charge in [-0.1, -0.05) is 18.6 Å². The molecule has 0 saturated carbocycles. The Labute approximate surface area is 230 Å². The van der Waals surface area contributed by atoms with Crippen LogP contribution in [0.2, 0.25) is 0 Å². The molecule has 9 heteroatoms. The van der Waals surface area contributed by atoms with Gasteiger partial charge in [0.1, 0.15) is 17.3 Å². The van der Waals surface area contributed by atoms with Gasteiger partial charge in [-0.25, -0.2) is 9.37 Å². The molecule has 0 amide bonds. The lowest BCUT2D eigenvalue weighted by atomic mass is 10.0. The number of methoxy groups -OCH3 is 1. The molecular weight excluding hydrogens is 505 g/mol. The highest BCUT2D eigenvalue weighted by Crippen LogP contribution is 2.34. The lowest BCUT2D eigenvalue weighted by Gasteiger charge is -2.26. The number of likely N-dealkylation sites (tertiary alicyclic amines) is 1. The fourth-order valence-electron chi connectivity index (χ4n) is 5.56. The van der Waals surface area contributed by atoms with Gasteiger partial charge < -0.3 is 9.72 Å². The van der Waals surface area contributed by atoms with Crippen LogP contribution in [-0.2, 0) is 6.54 Å². The number of aromatic amines is 2. The van der Waals surface area contributed by atoms with E-state index in [0.717, 1.165) is 58.4 Å². The zero-order valence-corrected chi connectivity index (χ0v) is 22.1. The highest BCUT2D eigenvalue weighted by Gasteiger charge is 2.17. The van der Waals surface area contributed by atoms with Gasteiger partial charge in [0.15, 0.2) is 5.82 Å². The Kier molecular flexibility index (Phi) is 6.20. The predicted octanol–water partition coefficient (Wildman–Crippen LogP) is 6.36. The second-order valence-electron chi connectivity index (χ2n) is 10.3. The highest BCUT2D eigenvalue weighted by atomic mass is 19.1. The van der Waals surface area contributed by atoms with Crippen molar-refractivity contribution in [1.29, 1.82) is 0 Å². The third-order valence-corrected chi connectivity index (χ3v) is 7.55. The van der Waals surface area contributed by atoms with Gasteiger partial charge in [0, 0.05) is 41.5 Å². The van der Waals surface area contributed by atoms with Gasteiger partial charge in [-0.05, 0) is 67.4 Å². The molecule has 1 aliphatic rings. The summed E-state index contributed by atoms with van der Waals surface area (Å²) in [6, 6.07) is 14.7. The van der Waals surface area contributed by atoms with Crippen LogP contribution < -0.4 is 4.74 Å². The molecule has 40 heavy (non-hydrogen) atoms. The number of imidazole rings is 1. The molecular formula is C31H28FN7O. The molecule has 0 bridgehead atoms. The number of fused-ring (bicyclic) bond motifs is 2. The van der Waals surface area contributed by atoms with E-state index in [9.17, 15) is 4.39 Å². The minimum atomic E-state index is -0.366. The maximum atomic E-state index is 14.3. The standard InChI is InChI=1S/C31H28FN7O/c1-40-23-12-20(11-22(32)13-23)24-6-5-7-26-29(24)36-31(35-26)30-25-14-27(34-17-28(25)37-38-30)21-10-19(15-33-16-21)18-39-8-3-2-4-9-39/h5-7,10-17H,2-4,8-9,18H2,1H3,(H,35,36)(H,37,38). The number of para-hydroxylation sites is 1. The van der Waals surface area contributed by atoms with Gasteiger partial charge in [-0.3, -0.25) is 20.0 Å². The van der Waals surface area contributed by atoms with Crippen molar-refractivity contribution in [2.24, 2.45) is 0 Å². The van der Waals surface area contributed by atoms with Crippen LogP contribution in [0.15, 0.2) is 67.1 Å². The molecule has 2 N–H and O–H groups in total. The van der Waals surface area contributed by atoms with Crippen LogP contribution in [0.3, 0.4) is 0 Å². The molecule has 4 aromatic heterocycles. The zero-order valence-electron chi connectivity index (χ0n) is 22.1. The quantitative estimate of drug-likeness (QED) is 0.259. The summed E-state index contributed by atoms with van der Waals surface area (Å²) >= 11 is 0. The average Bonchev–Trinajstić information content (AvgIpc) is 3.61. The maximum Gasteiger partial charge on any atom is 0.159 e. The van der Waals surface area contributed by atoms with E-state index in [1.165, 1.54) is 44.1 Å². The van der Waals surface area contributed by atoms with Gasteiger partial charge in [-0.2, -0.15) is 5.10 Å². The summed E-state index contributed by atoms with van der Waals surface area (Å²) in [7, 11) is 1.53. The molecule has 1 aliphatic heterocycles. The summed E-state index contributed by atoms with van der Waals surface area (Å²) in [4.78, 5) is 20.0. The monoisotopic (exact) mass is 533 g/mol. The van der Waals surface area contributed by atoms with E-state index in [1.807, 2.05) is 42.7 Å². The number of piperidine rings is 1. The Hall–Kier alpha value is -4.63.